The van der Waals surface area contributed by atoms with Crippen LogP contribution in [0.3, 0.4) is 0 Å². The van der Waals surface area contributed by atoms with Crippen LogP contribution >= 0.6 is 0 Å². The van der Waals surface area contributed by atoms with E-state index in [0.717, 1.165) is 13.2 Å². The number of ether oxygens (including phenoxy) is 1. The summed E-state index contributed by atoms with van der Waals surface area (Å²) in [5.74, 6) is 1.41. The van der Waals surface area contributed by atoms with Gasteiger partial charge in [-0.1, -0.05) is 27.7 Å². The molecule has 0 aliphatic carbocycles. The highest BCUT2D eigenvalue weighted by Gasteiger charge is 2.39. The molecule has 2 heterocycles. The molecule has 2 aliphatic rings. The predicted octanol–water partition coefficient (Wildman–Crippen LogP) is 2.12. The van der Waals surface area contributed by atoms with Gasteiger partial charge in [-0.05, 0) is 25.2 Å². The third-order valence-corrected chi connectivity index (χ3v) is 4.76. The van der Waals surface area contributed by atoms with Crippen molar-refractivity contribution in [1.82, 2.24) is 10.2 Å². The van der Waals surface area contributed by atoms with E-state index >= 15 is 0 Å². The Kier molecular flexibility index (Phi) is 4.68. The summed E-state index contributed by atoms with van der Waals surface area (Å²) in [6.45, 7) is 14.8. The van der Waals surface area contributed by atoms with Gasteiger partial charge in [0.15, 0.2) is 0 Å². The first-order valence-electron chi connectivity index (χ1n) is 7.61. The minimum absolute atomic E-state index is 0.400. The normalized spacial score (nSPS) is 38.8. The maximum absolute atomic E-state index is 5.78. The zero-order valence-electron chi connectivity index (χ0n) is 12.6. The molecule has 0 spiro atoms. The van der Waals surface area contributed by atoms with E-state index in [1.54, 1.807) is 0 Å². The van der Waals surface area contributed by atoms with E-state index in [4.69, 9.17) is 4.74 Å². The minimum atomic E-state index is 0.400. The lowest BCUT2D eigenvalue weighted by Crippen LogP contribution is -2.63. The summed E-state index contributed by atoms with van der Waals surface area (Å²) < 4.78 is 5.78. The van der Waals surface area contributed by atoms with Crippen LogP contribution in [0.15, 0.2) is 0 Å². The highest BCUT2D eigenvalue weighted by molar-refractivity contribution is 4.95. The van der Waals surface area contributed by atoms with Gasteiger partial charge < -0.3 is 10.1 Å². The third-order valence-electron chi connectivity index (χ3n) is 4.76. The molecule has 0 aromatic rings. The van der Waals surface area contributed by atoms with Crippen LogP contribution in [0.2, 0.25) is 0 Å². The number of piperazine rings is 1. The summed E-state index contributed by atoms with van der Waals surface area (Å²) in [5, 5.41) is 3.74. The third kappa shape index (κ3) is 2.89. The average Bonchev–Trinajstić information content (AvgIpc) is 2.74. The number of rotatable bonds is 3. The van der Waals surface area contributed by atoms with Crippen LogP contribution in [-0.4, -0.2) is 48.8 Å². The predicted molar refractivity (Wildman–Crippen MR) is 75.8 cm³/mol. The molecule has 2 fully saturated rings. The lowest BCUT2D eigenvalue weighted by Gasteiger charge is -2.47. The maximum atomic E-state index is 5.78. The Bertz CT molecular complexity index is 265. The Balaban J connectivity index is 2.09. The van der Waals surface area contributed by atoms with Gasteiger partial charge in [0.25, 0.3) is 0 Å². The second kappa shape index (κ2) is 5.89. The molecular weight excluding hydrogens is 224 g/mol. The van der Waals surface area contributed by atoms with Crippen LogP contribution in [0.5, 0.6) is 0 Å². The van der Waals surface area contributed by atoms with E-state index in [-0.39, 0.29) is 0 Å². The molecule has 3 nitrogen and oxygen atoms in total. The molecule has 18 heavy (non-hydrogen) atoms. The van der Waals surface area contributed by atoms with E-state index in [1.165, 1.54) is 13.0 Å². The van der Waals surface area contributed by atoms with Crippen LogP contribution in [0.1, 0.15) is 41.0 Å². The van der Waals surface area contributed by atoms with Gasteiger partial charge in [-0.15, -0.1) is 0 Å². The van der Waals surface area contributed by atoms with Crippen molar-refractivity contribution in [2.45, 2.75) is 65.3 Å². The molecule has 4 unspecified atom stereocenters. The number of hydrogen-bond acceptors (Lipinski definition) is 3. The van der Waals surface area contributed by atoms with E-state index < -0.39 is 0 Å². The van der Waals surface area contributed by atoms with E-state index in [2.05, 4.69) is 44.8 Å². The minimum Gasteiger partial charge on any atom is -0.377 e. The van der Waals surface area contributed by atoms with Crippen LogP contribution in [-0.2, 0) is 4.74 Å². The summed E-state index contributed by atoms with van der Waals surface area (Å²) >= 11 is 0. The van der Waals surface area contributed by atoms with E-state index in [9.17, 15) is 0 Å². The molecule has 3 heteroatoms. The van der Waals surface area contributed by atoms with Gasteiger partial charge in [0.05, 0.1) is 6.10 Å². The molecule has 1 N–H and O–H groups in total. The molecular formula is C15H30N2O. The first kappa shape index (κ1) is 14.3. The zero-order valence-corrected chi connectivity index (χ0v) is 12.6. The van der Waals surface area contributed by atoms with Gasteiger partial charge in [0.2, 0.25) is 0 Å². The molecule has 2 saturated heterocycles. The molecule has 4 atom stereocenters. The van der Waals surface area contributed by atoms with Crippen molar-refractivity contribution in [1.29, 1.82) is 0 Å². The summed E-state index contributed by atoms with van der Waals surface area (Å²) in [7, 11) is 0. The van der Waals surface area contributed by atoms with Crippen LogP contribution in [0, 0.1) is 11.8 Å². The van der Waals surface area contributed by atoms with Gasteiger partial charge in [0, 0.05) is 37.8 Å². The molecule has 2 rings (SSSR count). The summed E-state index contributed by atoms with van der Waals surface area (Å²) in [4.78, 5) is 2.74. The fourth-order valence-corrected chi connectivity index (χ4v) is 3.42. The van der Waals surface area contributed by atoms with Crippen molar-refractivity contribution in [3.63, 3.8) is 0 Å². The molecule has 0 bridgehead atoms. The summed E-state index contributed by atoms with van der Waals surface area (Å²) in [6, 6.07) is 1.92. The molecule has 2 aliphatic heterocycles. The number of nitrogens with one attached hydrogen (secondary N) is 1. The van der Waals surface area contributed by atoms with Crippen LogP contribution in [0.4, 0.5) is 0 Å². The first-order chi connectivity index (χ1) is 8.50. The van der Waals surface area contributed by atoms with Crippen molar-refractivity contribution >= 4 is 0 Å². The highest BCUT2D eigenvalue weighted by Crippen LogP contribution is 2.27. The van der Waals surface area contributed by atoms with Gasteiger partial charge >= 0.3 is 0 Å². The Morgan fingerprint density at radius 2 is 1.89 bits per heavy atom. The van der Waals surface area contributed by atoms with Gasteiger partial charge in [0.1, 0.15) is 0 Å². The van der Waals surface area contributed by atoms with Crippen LogP contribution < -0.4 is 5.32 Å². The second-order valence-corrected chi connectivity index (χ2v) is 6.70. The Morgan fingerprint density at radius 3 is 2.39 bits per heavy atom. The van der Waals surface area contributed by atoms with Crippen LogP contribution in [0.25, 0.3) is 0 Å². The SMILES string of the molecule is CC(C)C1CN(C2CCOC2C)C(C(C)C)CN1. The first-order valence-corrected chi connectivity index (χ1v) is 7.61. The largest absolute Gasteiger partial charge is 0.377 e. The van der Waals surface area contributed by atoms with Crippen molar-refractivity contribution in [3.05, 3.63) is 0 Å². The topological polar surface area (TPSA) is 24.5 Å². The van der Waals surface area contributed by atoms with Gasteiger partial charge in [-0.25, -0.2) is 0 Å². The van der Waals surface area contributed by atoms with Crippen molar-refractivity contribution in [3.8, 4) is 0 Å². The van der Waals surface area contributed by atoms with Gasteiger partial charge in [-0.3, -0.25) is 4.90 Å². The quantitative estimate of drug-likeness (QED) is 0.835. The monoisotopic (exact) mass is 254 g/mol. The Morgan fingerprint density at radius 1 is 1.17 bits per heavy atom. The van der Waals surface area contributed by atoms with Gasteiger partial charge in [-0.2, -0.15) is 0 Å². The summed E-state index contributed by atoms with van der Waals surface area (Å²) in [5.41, 5.74) is 0. The molecule has 0 aromatic heterocycles. The van der Waals surface area contributed by atoms with E-state index in [1.807, 2.05) is 0 Å². The second-order valence-electron chi connectivity index (χ2n) is 6.70. The lowest BCUT2D eigenvalue weighted by molar-refractivity contribution is 0.0106. The lowest BCUT2D eigenvalue weighted by atomic mass is 9.91. The molecule has 106 valence electrons. The smallest absolute Gasteiger partial charge is 0.0703 e. The number of hydrogen-bond donors (Lipinski definition) is 1. The van der Waals surface area contributed by atoms with Crippen molar-refractivity contribution in [2.75, 3.05) is 19.7 Å². The standard InChI is InChI=1S/C15H30N2O/c1-10(2)13-9-17(14-6-7-18-12(14)5)15(8-16-13)11(3)4/h10-16H,6-9H2,1-5H3. The molecule has 0 amide bonds. The number of nitrogens with zero attached hydrogens (tertiary/aromatic N) is 1. The fourth-order valence-electron chi connectivity index (χ4n) is 3.42. The van der Waals surface area contributed by atoms with Crippen molar-refractivity contribution < 1.29 is 4.74 Å². The Hall–Kier alpha value is -0.120. The molecule has 0 aromatic carbocycles. The fraction of sp³-hybridized carbons (Fsp3) is 1.00. The molecule has 0 saturated carbocycles. The van der Waals surface area contributed by atoms with E-state index in [0.29, 0.717) is 36.1 Å². The average molecular weight is 254 g/mol. The van der Waals surface area contributed by atoms with Crippen molar-refractivity contribution in [2.24, 2.45) is 11.8 Å². The highest BCUT2D eigenvalue weighted by atomic mass is 16.5. The Labute approximate surface area is 112 Å². The summed E-state index contributed by atoms with van der Waals surface area (Å²) in [6.07, 6.45) is 1.60. The molecule has 0 radical (unpaired) electrons. The maximum Gasteiger partial charge on any atom is 0.0703 e. The zero-order chi connectivity index (χ0) is 13.3.